The van der Waals surface area contributed by atoms with Gasteiger partial charge in [0.2, 0.25) is 0 Å². The molecule has 0 aliphatic rings. The highest BCUT2D eigenvalue weighted by Crippen LogP contribution is 2.29. The van der Waals surface area contributed by atoms with Crippen LogP contribution in [0.5, 0.6) is 0 Å². The van der Waals surface area contributed by atoms with Gasteiger partial charge in [-0.2, -0.15) is 0 Å². The van der Waals surface area contributed by atoms with Crippen LogP contribution in [0.15, 0.2) is 0 Å². The number of rotatable bonds is 50. The summed E-state index contributed by atoms with van der Waals surface area (Å²) in [5.74, 6) is 1.40. The second kappa shape index (κ2) is 49.0. The third-order valence-corrected chi connectivity index (χ3v) is 13.4. The highest BCUT2D eigenvalue weighted by Gasteiger charge is 2.26. The lowest BCUT2D eigenvalue weighted by Gasteiger charge is -2.23. The van der Waals surface area contributed by atoms with E-state index in [0.717, 1.165) is 0 Å². The average Bonchev–Trinajstić information content (AvgIpc) is 3.21. The van der Waals surface area contributed by atoms with E-state index in [-0.39, 0.29) is 0 Å². The van der Waals surface area contributed by atoms with Crippen LogP contribution in [0.4, 0.5) is 0 Å². The smallest absolute Gasteiger partial charge is 0.139 e. The Morgan fingerprint density at radius 3 is 0.482 bits per heavy atom. The molecule has 56 heavy (non-hydrogen) atoms. The average molecular weight is 787 g/mol. The van der Waals surface area contributed by atoms with Crippen LogP contribution in [0.1, 0.15) is 336 Å². The molecule has 0 bridgehead atoms. The van der Waals surface area contributed by atoms with Gasteiger partial charge in [-0.1, -0.05) is 310 Å². The van der Waals surface area contributed by atoms with E-state index >= 15 is 0 Å². The van der Waals surface area contributed by atoms with Crippen molar-refractivity contribution >= 4 is 5.78 Å². The molecule has 0 spiro atoms. The van der Waals surface area contributed by atoms with E-state index < -0.39 is 0 Å². The Kier molecular flexibility index (Phi) is 48.7. The Morgan fingerprint density at radius 2 is 0.339 bits per heavy atom. The van der Waals surface area contributed by atoms with Crippen molar-refractivity contribution in [2.75, 3.05) is 0 Å². The highest BCUT2D eigenvalue weighted by atomic mass is 16.1. The molecule has 0 aromatic carbocycles. The summed E-state index contributed by atoms with van der Waals surface area (Å²) in [6, 6.07) is 0. The number of carbonyl (C=O) groups excluding carboxylic acids is 1. The number of hydrogen-bond donors (Lipinski definition) is 0. The van der Waals surface area contributed by atoms with Gasteiger partial charge in [0.25, 0.3) is 0 Å². The van der Waals surface area contributed by atoms with E-state index in [9.17, 15) is 4.79 Å². The molecule has 336 valence electrons. The van der Waals surface area contributed by atoms with Crippen molar-refractivity contribution in [1.29, 1.82) is 0 Å². The van der Waals surface area contributed by atoms with E-state index in [1.54, 1.807) is 0 Å². The molecule has 0 heterocycles. The summed E-state index contributed by atoms with van der Waals surface area (Å²) in [5.41, 5.74) is 0. The Balaban J connectivity index is 4.93. The van der Waals surface area contributed by atoms with Crippen LogP contribution in [0.25, 0.3) is 0 Å². The lowest BCUT2D eigenvalue weighted by atomic mass is 9.80. The maximum atomic E-state index is 14.5. The van der Waals surface area contributed by atoms with E-state index in [1.807, 2.05) is 0 Å². The van der Waals surface area contributed by atoms with Crippen molar-refractivity contribution < 1.29 is 4.79 Å². The molecule has 0 aliphatic carbocycles. The Labute approximate surface area is 357 Å². The highest BCUT2D eigenvalue weighted by molar-refractivity contribution is 5.83. The quantitative estimate of drug-likeness (QED) is 0.0561. The van der Waals surface area contributed by atoms with Gasteiger partial charge in [0, 0.05) is 11.8 Å². The summed E-state index contributed by atoms with van der Waals surface area (Å²) in [7, 11) is 0. The largest absolute Gasteiger partial charge is 0.299 e. The summed E-state index contributed by atoms with van der Waals surface area (Å²) < 4.78 is 0. The summed E-state index contributed by atoms with van der Waals surface area (Å²) >= 11 is 0. The molecule has 0 saturated carbocycles. The second-order valence-electron chi connectivity index (χ2n) is 19.1. The predicted molar refractivity (Wildman–Crippen MR) is 256 cm³/mol. The molecular formula is C55H110O. The molecule has 0 N–H and O–H groups in total. The summed E-state index contributed by atoms with van der Waals surface area (Å²) in [6.07, 6.45) is 66.2. The predicted octanol–water partition coefficient (Wildman–Crippen LogP) is 20.6. The Bertz CT molecular complexity index is 654. The minimum absolute atomic E-state index is 0.345. The van der Waals surface area contributed by atoms with Gasteiger partial charge in [-0.3, -0.25) is 4.79 Å². The lowest BCUT2D eigenvalue weighted by molar-refractivity contribution is -0.128. The molecule has 0 aromatic rings. The molecule has 0 amide bonds. The fourth-order valence-electron chi connectivity index (χ4n) is 9.41. The molecular weight excluding hydrogens is 677 g/mol. The number of carbonyl (C=O) groups is 1. The number of unbranched alkanes of at least 4 members (excludes halogenated alkanes) is 40. The van der Waals surface area contributed by atoms with E-state index in [2.05, 4.69) is 27.7 Å². The first-order chi connectivity index (χ1) is 27.7. The molecule has 0 aliphatic heterocycles. The van der Waals surface area contributed by atoms with Gasteiger partial charge in [0.05, 0.1) is 0 Å². The SMILES string of the molecule is CCCCCCCCCCCCCCC(CCCCCCCCCCCC)C(=O)C(CCCCCCCCCCCC)CCCCCCCCCCCCCC. The summed E-state index contributed by atoms with van der Waals surface area (Å²) in [4.78, 5) is 14.5. The first-order valence-corrected chi connectivity index (χ1v) is 27.2. The fourth-order valence-corrected chi connectivity index (χ4v) is 9.41. The van der Waals surface area contributed by atoms with Crippen LogP contribution in [-0.2, 0) is 4.79 Å². The zero-order valence-electron chi connectivity index (χ0n) is 40.0. The van der Waals surface area contributed by atoms with Crippen LogP contribution >= 0.6 is 0 Å². The minimum atomic E-state index is 0.345. The van der Waals surface area contributed by atoms with Crippen LogP contribution in [-0.4, -0.2) is 5.78 Å². The van der Waals surface area contributed by atoms with Gasteiger partial charge in [-0.15, -0.1) is 0 Å². The molecule has 0 saturated heterocycles. The molecule has 2 unspecified atom stereocenters. The van der Waals surface area contributed by atoms with Crippen molar-refractivity contribution in [1.82, 2.24) is 0 Å². The van der Waals surface area contributed by atoms with Crippen molar-refractivity contribution in [2.45, 2.75) is 336 Å². The van der Waals surface area contributed by atoms with Crippen molar-refractivity contribution in [3.63, 3.8) is 0 Å². The van der Waals surface area contributed by atoms with Gasteiger partial charge in [0.1, 0.15) is 5.78 Å². The molecule has 0 radical (unpaired) electrons. The maximum absolute atomic E-state index is 14.5. The van der Waals surface area contributed by atoms with Crippen molar-refractivity contribution in [2.24, 2.45) is 11.8 Å². The van der Waals surface area contributed by atoms with Gasteiger partial charge < -0.3 is 0 Å². The molecule has 1 nitrogen and oxygen atoms in total. The molecule has 2 atom stereocenters. The third-order valence-electron chi connectivity index (χ3n) is 13.4. The normalized spacial score (nSPS) is 12.8. The van der Waals surface area contributed by atoms with Gasteiger partial charge in [-0.25, -0.2) is 0 Å². The van der Waals surface area contributed by atoms with Crippen LogP contribution in [0.3, 0.4) is 0 Å². The molecule has 0 fully saturated rings. The minimum Gasteiger partial charge on any atom is -0.299 e. The number of hydrogen-bond acceptors (Lipinski definition) is 1. The maximum Gasteiger partial charge on any atom is 0.139 e. The molecule has 0 aromatic heterocycles. The molecule has 1 heteroatoms. The van der Waals surface area contributed by atoms with E-state index in [1.165, 1.54) is 308 Å². The number of ketones is 1. The summed E-state index contributed by atoms with van der Waals surface area (Å²) in [5, 5.41) is 0. The summed E-state index contributed by atoms with van der Waals surface area (Å²) in [6.45, 7) is 9.26. The van der Waals surface area contributed by atoms with Gasteiger partial charge >= 0.3 is 0 Å². The topological polar surface area (TPSA) is 17.1 Å². The number of Topliss-reactive ketones (excluding diaryl/α,β-unsaturated/α-hetero) is 1. The first-order valence-electron chi connectivity index (χ1n) is 27.2. The van der Waals surface area contributed by atoms with E-state index in [4.69, 9.17) is 0 Å². The van der Waals surface area contributed by atoms with Crippen LogP contribution < -0.4 is 0 Å². The van der Waals surface area contributed by atoms with Crippen LogP contribution in [0.2, 0.25) is 0 Å². The standard InChI is InChI=1S/C55H110O/c1-5-9-13-17-21-25-29-31-35-39-43-47-51-53(49-45-41-37-33-27-23-19-15-11-7-3)55(56)54(50-46-42-38-34-28-24-20-16-12-8-4)52-48-44-40-36-32-30-26-22-18-14-10-6-2/h53-54H,5-52H2,1-4H3. The fraction of sp³-hybridized carbons (Fsp3) is 0.982. The van der Waals surface area contributed by atoms with Gasteiger partial charge in [0.15, 0.2) is 0 Å². The van der Waals surface area contributed by atoms with E-state index in [0.29, 0.717) is 17.6 Å². The van der Waals surface area contributed by atoms with Crippen LogP contribution in [0, 0.1) is 11.8 Å². The first kappa shape index (κ1) is 55.7. The van der Waals surface area contributed by atoms with Crippen molar-refractivity contribution in [3.8, 4) is 0 Å². The Hall–Kier alpha value is -0.330. The zero-order chi connectivity index (χ0) is 40.7. The lowest BCUT2D eigenvalue weighted by Crippen LogP contribution is -2.24. The zero-order valence-corrected chi connectivity index (χ0v) is 40.0. The van der Waals surface area contributed by atoms with Gasteiger partial charge in [-0.05, 0) is 25.7 Å². The van der Waals surface area contributed by atoms with Crippen molar-refractivity contribution in [3.05, 3.63) is 0 Å². The second-order valence-corrected chi connectivity index (χ2v) is 19.1. The molecule has 0 rings (SSSR count). The third kappa shape index (κ3) is 41.8. The Morgan fingerprint density at radius 1 is 0.214 bits per heavy atom. The monoisotopic (exact) mass is 787 g/mol.